The molecule has 2 aromatic carbocycles. The zero-order valence-corrected chi connectivity index (χ0v) is 16.7. The zero-order valence-electron chi connectivity index (χ0n) is 16.7. The largest absolute Gasteiger partial charge is 0.573 e. The Bertz CT molecular complexity index is 830. The molecule has 0 bridgehead atoms. The first kappa shape index (κ1) is 22.0. The van der Waals surface area contributed by atoms with Crippen LogP contribution in [0.15, 0.2) is 48.5 Å². The van der Waals surface area contributed by atoms with Crippen molar-refractivity contribution >= 4 is 5.91 Å². The molecule has 1 unspecified atom stereocenters. The third-order valence-electron chi connectivity index (χ3n) is 5.34. The molecule has 0 saturated carbocycles. The molecule has 1 amide bonds. The molecule has 1 atom stereocenters. The van der Waals surface area contributed by atoms with Crippen molar-refractivity contribution in [1.82, 2.24) is 10.2 Å². The Morgan fingerprint density at radius 1 is 1.13 bits per heavy atom. The maximum Gasteiger partial charge on any atom is 0.573 e. The van der Waals surface area contributed by atoms with Gasteiger partial charge in [-0.25, -0.2) is 0 Å². The van der Waals surface area contributed by atoms with Crippen LogP contribution in [-0.4, -0.2) is 41.4 Å². The van der Waals surface area contributed by atoms with E-state index in [9.17, 15) is 23.1 Å². The summed E-state index contributed by atoms with van der Waals surface area (Å²) in [7, 11) is 0. The summed E-state index contributed by atoms with van der Waals surface area (Å²) in [6.07, 6.45) is -2.81. The van der Waals surface area contributed by atoms with Crippen LogP contribution in [0, 0.1) is 0 Å². The van der Waals surface area contributed by atoms with E-state index in [1.54, 1.807) is 36.4 Å². The summed E-state index contributed by atoms with van der Waals surface area (Å²) in [5, 5.41) is 12.4. The van der Waals surface area contributed by atoms with Crippen LogP contribution in [0.5, 0.6) is 11.5 Å². The molecule has 5 nitrogen and oxygen atoms in total. The highest BCUT2D eigenvalue weighted by Crippen LogP contribution is 2.28. The number of piperidine rings is 1. The smallest absolute Gasteiger partial charge is 0.508 e. The number of phenols is 1. The fraction of sp³-hybridized carbons (Fsp3) is 0.409. The summed E-state index contributed by atoms with van der Waals surface area (Å²) in [5.41, 5.74) is 1.76. The predicted octanol–water partition coefficient (Wildman–Crippen LogP) is 4.18. The van der Waals surface area contributed by atoms with E-state index < -0.39 is 6.36 Å². The number of nitrogens with zero attached hydrogens (tertiary/aromatic N) is 1. The van der Waals surface area contributed by atoms with E-state index in [1.807, 2.05) is 6.92 Å². The SMILES string of the molecule is CC(c1ccc(OC(F)(F)F)cc1)N1CCC(NC(=O)Cc2ccc(O)cc2)CC1. The molecular weight excluding hydrogens is 397 g/mol. The third kappa shape index (κ3) is 6.38. The molecule has 0 radical (unpaired) electrons. The molecule has 0 aliphatic carbocycles. The van der Waals surface area contributed by atoms with Crippen molar-refractivity contribution in [2.24, 2.45) is 0 Å². The molecule has 8 heteroatoms. The second-order valence-electron chi connectivity index (χ2n) is 7.51. The van der Waals surface area contributed by atoms with Crippen molar-refractivity contribution in [1.29, 1.82) is 0 Å². The normalized spacial score (nSPS) is 16.8. The van der Waals surface area contributed by atoms with E-state index in [2.05, 4.69) is 15.0 Å². The predicted molar refractivity (Wildman–Crippen MR) is 106 cm³/mol. The fourth-order valence-corrected chi connectivity index (χ4v) is 3.67. The van der Waals surface area contributed by atoms with Gasteiger partial charge in [-0.1, -0.05) is 24.3 Å². The summed E-state index contributed by atoms with van der Waals surface area (Å²) >= 11 is 0. The van der Waals surface area contributed by atoms with Crippen molar-refractivity contribution in [2.75, 3.05) is 13.1 Å². The summed E-state index contributed by atoms with van der Waals surface area (Å²) < 4.78 is 40.8. The second kappa shape index (κ2) is 9.38. The van der Waals surface area contributed by atoms with Crippen LogP contribution in [0.25, 0.3) is 0 Å². The van der Waals surface area contributed by atoms with E-state index in [0.717, 1.165) is 37.1 Å². The molecule has 1 fully saturated rings. The first-order chi connectivity index (χ1) is 14.2. The summed E-state index contributed by atoms with van der Waals surface area (Å²) in [4.78, 5) is 14.5. The monoisotopic (exact) mass is 422 g/mol. The maximum atomic E-state index is 12.3. The van der Waals surface area contributed by atoms with Gasteiger partial charge in [-0.3, -0.25) is 9.69 Å². The van der Waals surface area contributed by atoms with Gasteiger partial charge < -0.3 is 15.2 Å². The molecule has 0 spiro atoms. The number of ether oxygens (including phenoxy) is 1. The van der Waals surface area contributed by atoms with Crippen LogP contribution in [0.2, 0.25) is 0 Å². The Morgan fingerprint density at radius 2 is 1.73 bits per heavy atom. The minimum absolute atomic E-state index is 0.0487. The van der Waals surface area contributed by atoms with Crippen LogP contribution in [0.3, 0.4) is 0 Å². The lowest BCUT2D eigenvalue weighted by Crippen LogP contribution is -2.45. The van der Waals surface area contributed by atoms with Gasteiger partial charge >= 0.3 is 6.36 Å². The highest BCUT2D eigenvalue weighted by atomic mass is 19.4. The molecule has 1 saturated heterocycles. The summed E-state index contributed by atoms with van der Waals surface area (Å²) in [6, 6.07) is 12.7. The van der Waals surface area contributed by atoms with Crippen molar-refractivity contribution < 1.29 is 27.8 Å². The Hall–Kier alpha value is -2.74. The van der Waals surface area contributed by atoms with Gasteiger partial charge in [-0.05, 0) is 55.2 Å². The lowest BCUT2D eigenvalue weighted by molar-refractivity contribution is -0.274. The van der Waals surface area contributed by atoms with E-state index in [-0.39, 0.29) is 35.9 Å². The fourth-order valence-electron chi connectivity index (χ4n) is 3.67. The molecule has 2 N–H and O–H groups in total. The number of nitrogens with one attached hydrogen (secondary N) is 1. The van der Waals surface area contributed by atoms with Gasteiger partial charge in [0.05, 0.1) is 6.42 Å². The highest BCUT2D eigenvalue weighted by molar-refractivity contribution is 5.78. The maximum absolute atomic E-state index is 12.3. The number of likely N-dealkylation sites (tertiary alicyclic amines) is 1. The summed E-state index contributed by atoms with van der Waals surface area (Å²) in [6.45, 7) is 3.58. The number of halogens is 3. The second-order valence-corrected chi connectivity index (χ2v) is 7.51. The number of rotatable bonds is 6. The van der Waals surface area contributed by atoms with Gasteiger partial charge in [-0.2, -0.15) is 0 Å². The Labute approximate surface area is 173 Å². The highest BCUT2D eigenvalue weighted by Gasteiger charge is 2.31. The van der Waals surface area contributed by atoms with Gasteiger partial charge in [0.15, 0.2) is 0 Å². The van der Waals surface area contributed by atoms with E-state index in [0.29, 0.717) is 0 Å². The Balaban J connectivity index is 1.46. The number of benzene rings is 2. The van der Waals surface area contributed by atoms with Gasteiger partial charge in [0, 0.05) is 25.2 Å². The Kier molecular flexibility index (Phi) is 6.87. The molecule has 30 heavy (non-hydrogen) atoms. The minimum atomic E-state index is -4.69. The van der Waals surface area contributed by atoms with Gasteiger partial charge in [0.25, 0.3) is 0 Å². The number of amides is 1. The van der Waals surface area contributed by atoms with Crippen LogP contribution in [0.1, 0.15) is 36.9 Å². The van der Waals surface area contributed by atoms with Gasteiger partial charge in [0.2, 0.25) is 5.91 Å². The zero-order chi connectivity index (χ0) is 21.7. The molecule has 1 aliphatic heterocycles. The van der Waals surface area contributed by atoms with E-state index in [1.165, 1.54) is 12.1 Å². The average molecular weight is 422 g/mol. The molecule has 2 aromatic rings. The van der Waals surface area contributed by atoms with Crippen molar-refractivity contribution in [3.63, 3.8) is 0 Å². The van der Waals surface area contributed by atoms with Crippen LogP contribution in [0.4, 0.5) is 13.2 Å². The van der Waals surface area contributed by atoms with Gasteiger partial charge in [-0.15, -0.1) is 13.2 Å². The molecule has 0 aromatic heterocycles. The quantitative estimate of drug-likeness (QED) is 0.734. The molecule has 3 rings (SSSR count). The topological polar surface area (TPSA) is 61.8 Å². The van der Waals surface area contributed by atoms with Crippen LogP contribution >= 0.6 is 0 Å². The third-order valence-corrected chi connectivity index (χ3v) is 5.34. The van der Waals surface area contributed by atoms with Crippen LogP contribution < -0.4 is 10.1 Å². The molecular formula is C22H25F3N2O3. The van der Waals surface area contributed by atoms with E-state index in [4.69, 9.17) is 0 Å². The molecule has 162 valence electrons. The first-order valence-electron chi connectivity index (χ1n) is 9.86. The van der Waals surface area contributed by atoms with Crippen molar-refractivity contribution in [3.05, 3.63) is 59.7 Å². The lowest BCUT2D eigenvalue weighted by Gasteiger charge is -2.36. The van der Waals surface area contributed by atoms with Crippen molar-refractivity contribution in [2.45, 2.75) is 44.6 Å². The number of carbonyl (C=O) groups is 1. The standard InChI is InChI=1S/C22H25F3N2O3/c1-15(17-4-8-20(9-5-17)30-22(23,24)25)27-12-10-18(11-13-27)26-21(29)14-16-2-6-19(28)7-3-16/h2-9,15,18,28H,10-14H2,1H3,(H,26,29). The van der Waals surface area contributed by atoms with E-state index >= 15 is 0 Å². The number of hydrogen-bond acceptors (Lipinski definition) is 4. The van der Waals surface area contributed by atoms with Crippen molar-refractivity contribution in [3.8, 4) is 11.5 Å². The number of alkyl halides is 3. The molecule has 1 aliphatic rings. The number of phenolic OH excluding ortho intramolecular Hbond substituents is 1. The summed E-state index contributed by atoms with van der Waals surface area (Å²) in [5.74, 6) is -0.107. The average Bonchev–Trinajstić information content (AvgIpc) is 2.69. The number of aromatic hydroxyl groups is 1. The lowest BCUT2D eigenvalue weighted by atomic mass is 9.99. The van der Waals surface area contributed by atoms with Gasteiger partial charge in [0.1, 0.15) is 11.5 Å². The molecule has 1 heterocycles. The van der Waals surface area contributed by atoms with Crippen LogP contribution in [-0.2, 0) is 11.2 Å². The Morgan fingerprint density at radius 3 is 2.30 bits per heavy atom. The number of hydrogen-bond donors (Lipinski definition) is 2. The number of carbonyl (C=O) groups excluding carboxylic acids is 1. The first-order valence-corrected chi connectivity index (χ1v) is 9.86. The minimum Gasteiger partial charge on any atom is -0.508 e.